The summed E-state index contributed by atoms with van der Waals surface area (Å²) in [4.78, 5) is 0. The SMILES string of the molecule is N#Cc1ccc(Oc2cccc(Cl)c2N)cc1F. The summed E-state index contributed by atoms with van der Waals surface area (Å²) >= 11 is 5.84. The largest absolute Gasteiger partial charge is 0.455 e. The van der Waals surface area contributed by atoms with E-state index in [0.29, 0.717) is 10.8 Å². The highest BCUT2D eigenvalue weighted by Crippen LogP contribution is 2.32. The molecule has 90 valence electrons. The molecule has 0 heterocycles. The molecule has 0 saturated heterocycles. The molecule has 0 aliphatic carbocycles. The van der Waals surface area contributed by atoms with E-state index in [1.54, 1.807) is 24.3 Å². The number of nitriles is 1. The van der Waals surface area contributed by atoms with Gasteiger partial charge < -0.3 is 10.5 Å². The third kappa shape index (κ3) is 2.36. The van der Waals surface area contributed by atoms with Crippen LogP contribution in [0.3, 0.4) is 0 Å². The molecule has 0 atom stereocenters. The van der Waals surface area contributed by atoms with Crippen LogP contribution in [-0.2, 0) is 0 Å². The van der Waals surface area contributed by atoms with E-state index >= 15 is 0 Å². The van der Waals surface area contributed by atoms with Crippen LogP contribution in [0.1, 0.15) is 5.56 Å². The summed E-state index contributed by atoms with van der Waals surface area (Å²) in [7, 11) is 0. The molecule has 2 aromatic carbocycles. The molecule has 0 fully saturated rings. The number of benzene rings is 2. The normalized spacial score (nSPS) is 9.83. The Morgan fingerprint density at radius 2 is 2.06 bits per heavy atom. The van der Waals surface area contributed by atoms with Crippen LogP contribution in [0.2, 0.25) is 5.02 Å². The molecule has 2 rings (SSSR count). The summed E-state index contributed by atoms with van der Waals surface area (Å²) in [5.41, 5.74) is 5.96. The number of rotatable bonds is 2. The summed E-state index contributed by atoms with van der Waals surface area (Å²) in [6.45, 7) is 0. The van der Waals surface area contributed by atoms with Crippen molar-refractivity contribution < 1.29 is 9.13 Å². The standard InChI is InChI=1S/C13H8ClFN2O/c14-10-2-1-3-12(13(10)17)18-9-5-4-8(7-16)11(15)6-9/h1-6H,17H2. The Kier molecular flexibility index (Phi) is 3.35. The van der Waals surface area contributed by atoms with Crippen LogP contribution in [0.5, 0.6) is 11.5 Å². The first-order valence-electron chi connectivity index (χ1n) is 5.03. The number of nitrogens with two attached hydrogens (primary N) is 1. The van der Waals surface area contributed by atoms with Crippen molar-refractivity contribution in [3.8, 4) is 17.6 Å². The van der Waals surface area contributed by atoms with Crippen LogP contribution in [0.25, 0.3) is 0 Å². The Hall–Kier alpha value is -2.25. The number of para-hydroxylation sites is 1. The lowest BCUT2D eigenvalue weighted by molar-refractivity contribution is 0.479. The van der Waals surface area contributed by atoms with Crippen LogP contribution in [0.4, 0.5) is 10.1 Å². The fourth-order valence-electron chi connectivity index (χ4n) is 1.38. The second-order valence-corrected chi connectivity index (χ2v) is 3.91. The second-order valence-electron chi connectivity index (χ2n) is 3.51. The van der Waals surface area contributed by atoms with Crippen LogP contribution in [-0.4, -0.2) is 0 Å². The Morgan fingerprint density at radius 1 is 1.28 bits per heavy atom. The summed E-state index contributed by atoms with van der Waals surface area (Å²) in [6, 6.07) is 10.6. The van der Waals surface area contributed by atoms with Gasteiger partial charge in [0.25, 0.3) is 0 Å². The van der Waals surface area contributed by atoms with E-state index in [1.165, 1.54) is 12.1 Å². The lowest BCUT2D eigenvalue weighted by atomic mass is 10.2. The molecule has 5 heteroatoms. The van der Waals surface area contributed by atoms with E-state index in [4.69, 9.17) is 27.3 Å². The van der Waals surface area contributed by atoms with E-state index in [-0.39, 0.29) is 17.0 Å². The zero-order valence-corrected chi connectivity index (χ0v) is 9.91. The van der Waals surface area contributed by atoms with Crippen molar-refractivity contribution in [3.05, 3.63) is 52.8 Å². The maximum Gasteiger partial charge on any atom is 0.151 e. The highest BCUT2D eigenvalue weighted by atomic mass is 35.5. The third-order valence-corrected chi connectivity index (χ3v) is 2.63. The van der Waals surface area contributed by atoms with Gasteiger partial charge in [0.05, 0.1) is 16.3 Å². The Balaban J connectivity index is 2.32. The van der Waals surface area contributed by atoms with Crippen molar-refractivity contribution >= 4 is 17.3 Å². The minimum Gasteiger partial charge on any atom is -0.455 e. The quantitative estimate of drug-likeness (QED) is 0.839. The Bertz CT molecular complexity index is 637. The number of nitrogen functional groups attached to an aromatic ring is 1. The predicted molar refractivity (Wildman–Crippen MR) is 67.1 cm³/mol. The van der Waals surface area contributed by atoms with Gasteiger partial charge in [-0.25, -0.2) is 4.39 Å². The summed E-state index contributed by atoms with van der Waals surface area (Å²) in [5.74, 6) is -0.0531. The summed E-state index contributed by atoms with van der Waals surface area (Å²) in [6.07, 6.45) is 0. The van der Waals surface area contributed by atoms with Crippen molar-refractivity contribution in [1.29, 1.82) is 5.26 Å². The minimum atomic E-state index is -0.643. The average Bonchev–Trinajstić information content (AvgIpc) is 2.35. The van der Waals surface area contributed by atoms with Gasteiger partial charge in [0, 0.05) is 6.07 Å². The fraction of sp³-hybridized carbons (Fsp3) is 0. The molecule has 0 amide bonds. The molecule has 0 spiro atoms. The third-order valence-electron chi connectivity index (χ3n) is 2.30. The van der Waals surface area contributed by atoms with Gasteiger partial charge in [-0.15, -0.1) is 0 Å². The van der Waals surface area contributed by atoms with Gasteiger partial charge in [-0.1, -0.05) is 17.7 Å². The molecule has 0 radical (unpaired) electrons. The highest BCUT2D eigenvalue weighted by Gasteiger charge is 2.08. The van der Waals surface area contributed by atoms with Crippen LogP contribution in [0, 0.1) is 17.1 Å². The number of nitrogens with zero attached hydrogens (tertiary/aromatic N) is 1. The molecule has 0 saturated carbocycles. The molecule has 2 N–H and O–H groups in total. The van der Waals surface area contributed by atoms with Gasteiger partial charge in [0.15, 0.2) is 5.75 Å². The highest BCUT2D eigenvalue weighted by molar-refractivity contribution is 6.33. The van der Waals surface area contributed by atoms with E-state index in [2.05, 4.69) is 0 Å². The molecule has 18 heavy (non-hydrogen) atoms. The molecule has 0 aliphatic heterocycles. The lowest BCUT2D eigenvalue weighted by Gasteiger charge is -2.09. The average molecular weight is 263 g/mol. The minimum absolute atomic E-state index is 0.0404. The smallest absolute Gasteiger partial charge is 0.151 e. The zero-order valence-electron chi connectivity index (χ0n) is 9.15. The van der Waals surface area contributed by atoms with Crippen molar-refractivity contribution in [2.45, 2.75) is 0 Å². The molecule has 2 aromatic rings. The van der Waals surface area contributed by atoms with Gasteiger partial charge in [0.1, 0.15) is 17.6 Å². The van der Waals surface area contributed by atoms with Gasteiger partial charge in [0.2, 0.25) is 0 Å². The Morgan fingerprint density at radius 3 is 2.72 bits per heavy atom. The lowest BCUT2D eigenvalue weighted by Crippen LogP contribution is -1.93. The maximum atomic E-state index is 13.4. The van der Waals surface area contributed by atoms with Gasteiger partial charge in [-0.2, -0.15) is 5.26 Å². The van der Waals surface area contributed by atoms with E-state index in [9.17, 15) is 4.39 Å². The first-order chi connectivity index (χ1) is 8.61. The second kappa shape index (κ2) is 4.94. The van der Waals surface area contributed by atoms with Crippen molar-refractivity contribution in [3.63, 3.8) is 0 Å². The van der Waals surface area contributed by atoms with E-state index in [0.717, 1.165) is 6.07 Å². The van der Waals surface area contributed by atoms with Crippen LogP contribution < -0.4 is 10.5 Å². The first-order valence-corrected chi connectivity index (χ1v) is 5.41. The van der Waals surface area contributed by atoms with Crippen LogP contribution in [0.15, 0.2) is 36.4 Å². The predicted octanol–water partition coefficient (Wildman–Crippen LogP) is 3.73. The molecule has 3 nitrogen and oxygen atoms in total. The number of ether oxygens (including phenoxy) is 1. The van der Waals surface area contributed by atoms with Crippen molar-refractivity contribution in [1.82, 2.24) is 0 Å². The molecule has 0 aliphatic rings. The number of halogens is 2. The van der Waals surface area contributed by atoms with Gasteiger partial charge >= 0.3 is 0 Å². The zero-order chi connectivity index (χ0) is 13.1. The molecule has 0 aromatic heterocycles. The van der Waals surface area contributed by atoms with E-state index in [1.807, 2.05) is 0 Å². The topological polar surface area (TPSA) is 59.0 Å². The molecule has 0 bridgehead atoms. The monoisotopic (exact) mass is 262 g/mol. The maximum absolute atomic E-state index is 13.4. The van der Waals surface area contributed by atoms with Crippen molar-refractivity contribution in [2.75, 3.05) is 5.73 Å². The van der Waals surface area contributed by atoms with E-state index < -0.39 is 5.82 Å². The Labute approximate surface area is 108 Å². The number of anilines is 1. The number of hydrogen-bond donors (Lipinski definition) is 1. The number of hydrogen-bond acceptors (Lipinski definition) is 3. The van der Waals surface area contributed by atoms with Gasteiger partial charge in [-0.3, -0.25) is 0 Å². The summed E-state index contributed by atoms with van der Waals surface area (Å²) < 4.78 is 18.8. The molecule has 0 unspecified atom stereocenters. The molecular formula is C13H8ClFN2O. The fourth-order valence-corrected chi connectivity index (χ4v) is 1.55. The summed E-state index contributed by atoms with van der Waals surface area (Å²) in [5, 5.41) is 8.97. The van der Waals surface area contributed by atoms with Gasteiger partial charge in [-0.05, 0) is 24.3 Å². The van der Waals surface area contributed by atoms with Crippen LogP contribution >= 0.6 is 11.6 Å². The molecular weight excluding hydrogens is 255 g/mol. The van der Waals surface area contributed by atoms with Crippen molar-refractivity contribution in [2.24, 2.45) is 0 Å². The first kappa shape index (κ1) is 12.2.